The molecule has 2 N–H and O–H groups in total. The summed E-state index contributed by atoms with van der Waals surface area (Å²) in [6, 6.07) is 11.8. The molecule has 0 aliphatic rings. The van der Waals surface area contributed by atoms with E-state index >= 15 is 0 Å². The Bertz CT molecular complexity index is 849. The fourth-order valence-corrected chi connectivity index (χ4v) is 3.42. The Morgan fingerprint density at radius 3 is 2.23 bits per heavy atom. The number of benzene rings is 2. The van der Waals surface area contributed by atoms with Gasteiger partial charge in [0.05, 0.1) is 12.3 Å². The van der Waals surface area contributed by atoms with Gasteiger partial charge in [-0.25, -0.2) is 4.98 Å². The number of nitrogens with two attached hydrogens (primary N) is 1. The molecule has 0 fully saturated rings. The highest BCUT2D eigenvalue weighted by Crippen LogP contribution is 2.34. The molecule has 0 spiro atoms. The van der Waals surface area contributed by atoms with Gasteiger partial charge in [0.2, 0.25) is 0 Å². The fraction of sp³-hybridized carbons (Fsp3) is 0.286. The van der Waals surface area contributed by atoms with Gasteiger partial charge in [0.1, 0.15) is 17.2 Å². The van der Waals surface area contributed by atoms with E-state index in [-0.39, 0.29) is 0 Å². The van der Waals surface area contributed by atoms with Gasteiger partial charge in [0.25, 0.3) is 0 Å². The zero-order valence-electron chi connectivity index (χ0n) is 15.4. The van der Waals surface area contributed by atoms with Crippen molar-refractivity contribution in [1.29, 1.82) is 0 Å². The Hall–Kier alpha value is -2.53. The molecule has 26 heavy (non-hydrogen) atoms. The van der Waals surface area contributed by atoms with Crippen molar-refractivity contribution in [2.75, 3.05) is 12.3 Å². The van der Waals surface area contributed by atoms with Crippen molar-refractivity contribution >= 4 is 16.5 Å². The predicted octanol–water partition coefficient (Wildman–Crippen LogP) is 5.98. The summed E-state index contributed by atoms with van der Waals surface area (Å²) in [5.74, 6) is 2.47. The van der Waals surface area contributed by atoms with Crippen molar-refractivity contribution in [2.24, 2.45) is 0 Å². The smallest absolute Gasteiger partial charge is 0.180 e. The molecule has 0 amide bonds. The average molecular weight is 369 g/mol. The van der Waals surface area contributed by atoms with E-state index in [4.69, 9.17) is 15.2 Å². The van der Waals surface area contributed by atoms with Crippen LogP contribution in [0.25, 0.3) is 11.3 Å². The molecule has 0 bridgehead atoms. The largest absolute Gasteiger partial charge is 0.494 e. The molecule has 0 unspecified atom stereocenters. The number of hydrogen-bond acceptors (Lipinski definition) is 5. The van der Waals surface area contributed by atoms with Gasteiger partial charge < -0.3 is 15.2 Å². The number of ether oxygens (including phenoxy) is 2. The highest BCUT2D eigenvalue weighted by molar-refractivity contribution is 7.13. The molecule has 3 rings (SSSR count). The molecule has 0 saturated carbocycles. The molecular weight excluding hydrogens is 344 g/mol. The van der Waals surface area contributed by atoms with Crippen LogP contribution in [0.2, 0.25) is 0 Å². The highest BCUT2D eigenvalue weighted by Gasteiger charge is 2.11. The third-order valence-corrected chi connectivity index (χ3v) is 4.78. The van der Waals surface area contributed by atoms with Crippen LogP contribution < -0.4 is 15.2 Å². The van der Waals surface area contributed by atoms with E-state index in [0.29, 0.717) is 5.13 Å². The third-order valence-electron chi connectivity index (χ3n) is 4.11. The first-order chi connectivity index (χ1) is 12.6. The van der Waals surface area contributed by atoms with Crippen LogP contribution in [0, 0.1) is 13.8 Å². The number of thiazole rings is 1. The molecule has 2 aromatic carbocycles. The molecule has 3 aromatic rings. The second kappa shape index (κ2) is 8.23. The summed E-state index contributed by atoms with van der Waals surface area (Å²) in [5.41, 5.74) is 10.0. The Labute approximate surface area is 158 Å². The van der Waals surface area contributed by atoms with Crippen molar-refractivity contribution in [3.05, 3.63) is 52.9 Å². The number of unbranched alkanes of at least 4 members (excludes halogenated alkanes) is 1. The molecule has 0 saturated heterocycles. The number of rotatable bonds is 7. The first-order valence-electron chi connectivity index (χ1n) is 8.80. The molecule has 0 aliphatic carbocycles. The number of hydrogen-bond donors (Lipinski definition) is 1. The fourth-order valence-electron chi connectivity index (χ4n) is 2.86. The van der Waals surface area contributed by atoms with E-state index in [9.17, 15) is 0 Å². The molecule has 4 nitrogen and oxygen atoms in total. The van der Waals surface area contributed by atoms with Crippen molar-refractivity contribution in [1.82, 2.24) is 4.98 Å². The zero-order chi connectivity index (χ0) is 18.5. The Kier molecular flexibility index (Phi) is 5.78. The van der Waals surface area contributed by atoms with Crippen molar-refractivity contribution in [2.45, 2.75) is 33.6 Å². The van der Waals surface area contributed by atoms with Crippen molar-refractivity contribution in [3.63, 3.8) is 0 Å². The number of aryl methyl sites for hydroxylation is 2. The highest BCUT2D eigenvalue weighted by atomic mass is 32.1. The van der Waals surface area contributed by atoms with E-state index in [0.717, 1.165) is 59.1 Å². The van der Waals surface area contributed by atoms with Gasteiger partial charge in [-0.3, -0.25) is 0 Å². The predicted molar refractivity (Wildman–Crippen MR) is 108 cm³/mol. The average Bonchev–Trinajstić information content (AvgIpc) is 3.02. The standard InChI is InChI=1S/C21H24N2O2S/c1-4-5-10-24-16-6-8-17(9-7-16)25-18-11-14(2)20(15(3)12-18)19-13-26-21(22)23-19/h6-9,11-13H,4-5,10H2,1-3H3,(H2,22,23). The molecule has 0 atom stereocenters. The molecular formula is C21H24N2O2S. The van der Waals surface area contributed by atoms with Crippen LogP contribution in [0.3, 0.4) is 0 Å². The summed E-state index contributed by atoms with van der Waals surface area (Å²) in [5, 5.41) is 2.57. The van der Waals surface area contributed by atoms with Gasteiger partial charge >= 0.3 is 0 Å². The summed E-state index contributed by atoms with van der Waals surface area (Å²) in [4.78, 5) is 4.40. The SMILES string of the molecule is CCCCOc1ccc(Oc2cc(C)c(-c3csc(N)n3)c(C)c2)cc1. The molecule has 5 heteroatoms. The van der Waals surface area contributed by atoms with Crippen LogP contribution in [0.4, 0.5) is 5.13 Å². The van der Waals surface area contributed by atoms with Crippen LogP contribution in [-0.2, 0) is 0 Å². The summed E-state index contributed by atoms with van der Waals surface area (Å²) in [6.45, 7) is 7.03. The van der Waals surface area contributed by atoms with Crippen LogP contribution in [0.5, 0.6) is 17.2 Å². The lowest BCUT2D eigenvalue weighted by molar-refractivity contribution is 0.309. The maximum atomic E-state index is 6.02. The van der Waals surface area contributed by atoms with Crippen LogP contribution in [-0.4, -0.2) is 11.6 Å². The first kappa shape index (κ1) is 18.3. The lowest BCUT2D eigenvalue weighted by Crippen LogP contribution is -1.96. The quantitative estimate of drug-likeness (QED) is 0.521. The van der Waals surface area contributed by atoms with Gasteiger partial charge in [-0.15, -0.1) is 11.3 Å². The van der Waals surface area contributed by atoms with E-state index in [1.807, 2.05) is 41.8 Å². The van der Waals surface area contributed by atoms with Crippen LogP contribution >= 0.6 is 11.3 Å². The lowest BCUT2D eigenvalue weighted by Gasteiger charge is -2.12. The minimum atomic E-state index is 0.584. The minimum absolute atomic E-state index is 0.584. The third kappa shape index (κ3) is 4.35. The Balaban J connectivity index is 1.74. The van der Waals surface area contributed by atoms with E-state index in [2.05, 4.69) is 25.8 Å². The first-order valence-corrected chi connectivity index (χ1v) is 9.68. The monoisotopic (exact) mass is 368 g/mol. The van der Waals surface area contributed by atoms with Crippen LogP contribution in [0.15, 0.2) is 41.8 Å². The van der Waals surface area contributed by atoms with E-state index in [1.54, 1.807) is 0 Å². The second-order valence-corrected chi connectivity index (χ2v) is 7.17. The summed E-state index contributed by atoms with van der Waals surface area (Å²) >= 11 is 1.46. The number of anilines is 1. The molecule has 1 heterocycles. The van der Waals surface area contributed by atoms with Crippen LogP contribution in [0.1, 0.15) is 30.9 Å². The van der Waals surface area contributed by atoms with E-state index in [1.165, 1.54) is 11.3 Å². The topological polar surface area (TPSA) is 57.4 Å². The maximum Gasteiger partial charge on any atom is 0.180 e. The lowest BCUT2D eigenvalue weighted by atomic mass is 10.0. The van der Waals surface area contributed by atoms with E-state index < -0.39 is 0 Å². The maximum absolute atomic E-state index is 6.02. The van der Waals surface area contributed by atoms with Gasteiger partial charge in [-0.1, -0.05) is 13.3 Å². The van der Waals surface area contributed by atoms with Gasteiger partial charge in [-0.2, -0.15) is 0 Å². The molecule has 0 radical (unpaired) electrons. The molecule has 0 aliphatic heterocycles. The van der Waals surface area contributed by atoms with Gasteiger partial charge in [-0.05, 0) is 67.8 Å². The Morgan fingerprint density at radius 1 is 1.00 bits per heavy atom. The summed E-state index contributed by atoms with van der Waals surface area (Å²) in [7, 11) is 0. The van der Waals surface area contributed by atoms with Crippen molar-refractivity contribution < 1.29 is 9.47 Å². The van der Waals surface area contributed by atoms with Gasteiger partial charge in [0, 0.05) is 10.9 Å². The summed E-state index contributed by atoms with van der Waals surface area (Å²) in [6.07, 6.45) is 2.19. The summed E-state index contributed by atoms with van der Waals surface area (Å²) < 4.78 is 11.7. The minimum Gasteiger partial charge on any atom is -0.494 e. The van der Waals surface area contributed by atoms with Gasteiger partial charge in [0.15, 0.2) is 5.13 Å². The zero-order valence-corrected chi connectivity index (χ0v) is 16.2. The Morgan fingerprint density at radius 2 is 1.65 bits per heavy atom. The second-order valence-electron chi connectivity index (χ2n) is 6.28. The molecule has 136 valence electrons. The number of nitrogens with zero attached hydrogens (tertiary/aromatic N) is 1. The number of aromatic nitrogens is 1. The number of nitrogen functional groups attached to an aromatic ring is 1. The van der Waals surface area contributed by atoms with Crippen molar-refractivity contribution in [3.8, 4) is 28.5 Å². The molecule has 1 aromatic heterocycles. The normalized spacial score (nSPS) is 10.7.